The van der Waals surface area contributed by atoms with Crippen LogP contribution in [0.15, 0.2) is 30.5 Å². The Hall–Kier alpha value is -2.50. The first-order chi connectivity index (χ1) is 8.61. The first-order valence-corrected chi connectivity index (χ1v) is 5.37. The molecular formula is C12H12N2O4. The van der Waals surface area contributed by atoms with Gasteiger partial charge in [0.2, 0.25) is 0 Å². The zero-order chi connectivity index (χ0) is 13.1. The van der Waals surface area contributed by atoms with Crippen molar-refractivity contribution in [1.82, 2.24) is 9.55 Å². The van der Waals surface area contributed by atoms with Gasteiger partial charge in [-0.15, -0.1) is 0 Å². The van der Waals surface area contributed by atoms with Gasteiger partial charge in [-0.1, -0.05) is 0 Å². The highest BCUT2D eigenvalue weighted by Gasteiger charge is 2.15. The van der Waals surface area contributed by atoms with Gasteiger partial charge in [0.15, 0.2) is 0 Å². The predicted octanol–water partition coefficient (Wildman–Crippen LogP) is 2.10. The van der Waals surface area contributed by atoms with Crippen LogP contribution in [0.25, 0.3) is 0 Å². The average molecular weight is 248 g/mol. The summed E-state index contributed by atoms with van der Waals surface area (Å²) in [7, 11) is 0. The molecule has 0 spiro atoms. The summed E-state index contributed by atoms with van der Waals surface area (Å²) >= 11 is 0. The molecule has 0 amide bonds. The van der Waals surface area contributed by atoms with E-state index in [1.807, 2.05) is 0 Å². The number of aromatic nitrogens is 2. The van der Waals surface area contributed by atoms with E-state index in [4.69, 9.17) is 14.9 Å². The summed E-state index contributed by atoms with van der Waals surface area (Å²) in [5, 5.41) is 18.1. The monoisotopic (exact) mass is 248 g/mol. The minimum atomic E-state index is -1.05. The minimum absolute atomic E-state index is 0.0753. The number of nitrogens with zero attached hydrogens (tertiary/aromatic N) is 2. The molecule has 0 saturated heterocycles. The molecule has 0 radical (unpaired) electrons. The Labute approximate surface area is 103 Å². The van der Waals surface area contributed by atoms with E-state index in [2.05, 4.69) is 4.98 Å². The quantitative estimate of drug-likeness (QED) is 0.865. The van der Waals surface area contributed by atoms with Gasteiger partial charge in [-0.3, -0.25) is 4.57 Å². The van der Waals surface area contributed by atoms with Crippen molar-refractivity contribution in [2.45, 2.75) is 13.5 Å². The average Bonchev–Trinajstić information content (AvgIpc) is 2.75. The normalized spacial score (nSPS) is 10.3. The summed E-state index contributed by atoms with van der Waals surface area (Å²) in [6.45, 7) is 2.24. The second kappa shape index (κ2) is 4.79. The molecule has 0 atom stereocenters. The molecule has 2 aromatic rings. The van der Waals surface area contributed by atoms with E-state index in [0.717, 1.165) is 0 Å². The lowest BCUT2D eigenvalue weighted by molar-refractivity contribution is 0.0684. The van der Waals surface area contributed by atoms with Crippen LogP contribution in [-0.2, 0) is 6.54 Å². The van der Waals surface area contributed by atoms with Gasteiger partial charge >= 0.3 is 12.0 Å². The third-order valence-corrected chi connectivity index (χ3v) is 2.40. The summed E-state index contributed by atoms with van der Waals surface area (Å²) in [6, 6.07) is 6.31. The molecule has 0 unspecified atom stereocenters. The molecule has 0 aliphatic rings. The molecule has 2 N–H and O–H groups in total. The van der Waals surface area contributed by atoms with Gasteiger partial charge in [0, 0.05) is 6.54 Å². The van der Waals surface area contributed by atoms with Crippen molar-refractivity contribution >= 4 is 5.97 Å². The van der Waals surface area contributed by atoms with E-state index in [1.54, 1.807) is 19.1 Å². The summed E-state index contributed by atoms with van der Waals surface area (Å²) in [6.07, 6.45) is 1.25. The van der Waals surface area contributed by atoms with Crippen LogP contribution >= 0.6 is 0 Å². The first kappa shape index (κ1) is 12.0. The summed E-state index contributed by atoms with van der Waals surface area (Å²) in [5.74, 6) is -0.442. The number of phenolic OH excluding ortho intramolecular Hbond substituents is 1. The van der Waals surface area contributed by atoms with Crippen LogP contribution in [0.4, 0.5) is 0 Å². The number of ether oxygens (including phenoxy) is 1. The Morgan fingerprint density at radius 2 is 2.06 bits per heavy atom. The van der Waals surface area contributed by atoms with Crippen molar-refractivity contribution in [3.8, 4) is 17.5 Å². The van der Waals surface area contributed by atoms with Crippen LogP contribution in [-0.4, -0.2) is 25.7 Å². The molecular weight excluding hydrogens is 236 g/mol. The SMILES string of the molecule is CCn1c(C(=O)O)cnc1Oc1ccc(O)cc1. The second-order valence-electron chi connectivity index (χ2n) is 3.57. The number of hydrogen-bond acceptors (Lipinski definition) is 4. The lowest BCUT2D eigenvalue weighted by Gasteiger charge is -2.08. The van der Waals surface area contributed by atoms with Crippen LogP contribution in [0.5, 0.6) is 17.5 Å². The smallest absolute Gasteiger partial charge is 0.354 e. The fourth-order valence-electron chi connectivity index (χ4n) is 1.54. The molecule has 0 aliphatic heterocycles. The topological polar surface area (TPSA) is 84.6 Å². The fraction of sp³-hybridized carbons (Fsp3) is 0.167. The number of hydrogen-bond donors (Lipinski definition) is 2. The number of carboxylic acid groups (broad SMARTS) is 1. The standard InChI is InChI=1S/C12H12N2O4/c1-2-14-10(11(16)17)7-13-12(14)18-9-5-3-8(15)4-6-9/h3-7,15H,2H2,1H3,(H,16,17). The molecule has 6 heteroatoms. The van der Waals surface area contributed by atoms with Crippen LogP contribution in [0, 0.1) is 0 Å². The number of benzene rings is 1. The Morgan fingerprint density at radius 1 is 1.39 bits per heavy atom. The lowest BCUT2D eigenvalue weighted by Crippen LogP contribution is -2.08. The molecule has 0 fully saturated rings. The highest BCUT2D eigenvalue weighted by molar-refractivity contribution is 5.85. The summed E-state index contributed by atoms with van der Waals surface area (Å²) in [4.78, 5) is 14.9. The largest absolute Gasteiger partial charge is 0.508 e. The van der Waals surface area contributed by atoms with Crippen molar-refractivity contribution in [2.75, 3.05) is 0 Å². The number of carboxylic acids is 1. The van der Waals surface area contributed by atoms with Gasteiger partial charge in [-0.05, 0) is 31.2 Å². The van der Waals surface area contributed by atoms with Crippen molar-refractivity contribution in [1.29, 1.82) is 0 Å². The maximum atomic E-state index is 10.9. The van der Waals surface area contributed by atoms with Gasteiger partial charge in [0.1, 0.15) is 17.2 Å². The maximum absolute atomic E-state index is 10.9. The zero-order valence-electron chi connectivity index (χ0n) is 9.70. The van der Waals surface area contributed by atoms with Crippen LogP contribution in [0.3, 0.4) is 0 Å². The first-order valence-electron chi connectivity index (χ1n) is 5.37. The minimum Gasteiger partial charge on any atom is -0.508 e. The van der Waals surface area contributed by atoms with E-state index in [0.29, 0.717) is 12.3 Å². The molecule has 1 heterocycles. The van der Waals surface area contributed by atoms with E-state index < -0.39 is 5.97 Å². The number of aromatic hydroxyl groups is 1. The number of rotatable bonds is 4. The Bertz CT molecular complexity index is 560. The number of aromatic carboxylic acids is 1. The van der Waals surface area contributed by atoms with E-state index in [1.165, 1.54) is 22.9 Å². The molecule has 1 aromatic carbocycles. The third kappa shape index (κ3) is 2.27. The Kier molecular flexibility index (Phi) is 3.18. The van der Waals surface area contributed by atoms with Crippen LogP contribution in [0.2, 0.25) is 0 Å². The van der Waals surface area contributed by atoms with Gasteiger partial charge < -0.3 is 14.9 Å². The van der Waals surface area contributed by atoms with Crippen molar-refractivity contribution < 1.29 is 19.7 Å². The van der Waals surface area contributed by atoms with Crippen molar-refractivity contribution in [3.05, 3.63) is 36.2 Å². The fourth-order valence-corrected chi connectivity index (χ4v) is 1.54. The van der Waals surface area contributed by atoms with Crippen LogP contribution < -0.4 is 4.74 Å². The lowest BCUT2D eigenvalue weighted by atomic mass is 10.3. The number of phenols is 1. The molecule has 18 heavy (non-hydrogen) atoms. The Morgan fingerprint density at radius 3 is 2.61 bits per heavy atom. The Balaban J connectivity index is 2.29. The highest BCUT2D eigenvalue weighted by Crippen LogP contribution is 2.23. The van der Waals surface area contributed by atoms with Gasteiger partial charge in [-0.2, -0.15) is 0 Å². The van der Waals surface area contributed by atoms with E-state index in [-0.39, 0.29) is 17.5 Å². The zero-order valence-corrected chi connectivity index (χ0v) is 9.70. The molecule has 94 valence electrons. The highest BCUT2D eigenvalue weighted by atomic mass is 16.5. The molecule has 6 nitrogen and oxygen atoms in total. The van der Waals surface area contributed by atoms with E-state index in [9.17, 15) is 4.79 Å². The van der Waals surface area contributed by atoms with Crippen LogP contribution in [0.1, 0.15) is 17.4 Å². The summed E-state index contributed by atoms with van der Waals surface area (Å²) < 4.78 is 6.92. The molecule has 2 rings (SSSR count). The second-order valence-corrected chi connectivity index (χ2v) is 3.57. The maximum Gasteiger partial charge on any atom is 0.354 e. The van der Waals surface area contributed by atoms with E-state index >= 15 is 0 Å². The third-order valence-electron chi connectivity index (χ3n) is 2.40. The predicted molar refractivity (Wildman–Crippen MR) is 63.0 cm³/mol. The molecule has 0 saturated carbocycles. The van der Waals surface area contributed by atoms with Crippen molar-refractivity contribution in [2.24, 2.45) is 0 Å². The molecule has 0 bridgehead atoms. The molecule has 1 aromatic heterocycles. The van der Waals surface area contributed by atoms with Crippen molar-refractivity contribution in [3.63, 3.8) is 0 Å². The number of carbonyl (C=O) groups is 1. The summed E-state index contributed by atoms with van der Waals surface area (Å²) in [5.41, 5.74) is 0.0753. The van der Waals surface area contributed by atoms with Gasteiger partial charge in [-0.25, -0.2) is 9.78 Å². The van der Waals surface area contributed by atoms with Gasteiger partial charge in [0.25, 0.3) is 0 Å². The molecule has 0 aliphatic carbocycles. The number of imidazole rings is 1. The van der Waals surface area contributed by atoms with Gasteiger partial charge in [0.05, 0.1) is 6.20 Å².